The standard InChI is InChI=1S/C11H18N2O2/c1-7(2)5-9-6-12-10(13(9)4)8(3)11(14)15/h6-8H,5H2,1-4H3,(H,14,15). The molecule has 0 aromatic carbocycles. The van der Waals surface area contributed by atoms with Crippen molar-refractivity contribution in [1.29, 1.82) is 0 Å². The molecule has 0 fully saturated rings. The van der Waals surface area contributed by atoms with E-state index >= 15 is 0 Å². The Morgan fingerprint density at radius 3 is 2.60 bits per heavy atom. The molecule has 1 heterocycles. The molecule has 0 saturated carbocycles. The normalized spacial score (nSPS) is 13.1. The van der Waals surface area contributed by atoms with Crippen molar-refractivity contribution in [1.82, 2.24) is 9.55 Å². The number of nitrogens with zero attached hydrogens (tertiary/aromatic N) is 2. The topological polar surface area (TPSA) is 55.1 Å². The van der Waals surface area contributed by atoms with Crippen LogP contribution in [0.4, 0.5) is 0 Å². The number of rotatable bonds is 4. The molecule has 0 aliphatic heterocycles. The van der Waals surface area contributed by atoms with Gasteiger partial charge in [0.15, 0.2) is 0 Å². The zero-order chi connectivity index (χ0) is 11.6. The number of aromatic nitrogens is 2. The van der Waals surface area contributed by atoms with Crippen molar-refractivity contribution in [3.05, 3.63) is 17.7 Å². The molecule has 1 aromatic heterocycles. The maximum absolute atomic E-state index is 10.8. The number of carboxylic acids is 1. The van der Waals surface area contributed by atoms with Crippen molar-refractivity contribution in [2.45, 2.75) is 33.1 Å². The highest BCUT2D eigenvalue weighted by molar-refractivity contribution is 5.74. The van der Waals surface area contributed by atoms with Crippen LogP contribution in [0.2, 0.25) is 0 Å². The quantitative estimate of drug-likeness (QED) is 0.824. The lowest BCUT2D eigenvalue weighted by molar-refractivity contribution is -0.138. The van der Waals surface area contributed by atoms with E-state index in [4.69, 9.17) is 5.11 Å². The van der Waals surface area contributed by atoms with E-state index in [1.54, 1.807) is 13.1 Å². The molecule has 4 nitrogen and oxygen atoms in total. The summed E-state index contributed by atoms with van der Waals surface area (Å²) in [5.41, 5.74) is 1.09. The Kier molecular flexibility index (Phi) is 3.50. The molecule has 1 aromatic rings. The van der Waals surface area contributed by atoms with Crippen molar-refractivity contribution in [3.63, 3.8) is 0 Å². The molecule has 0 aliphatic carbocycles. The van der Waals surface area contributed by atoms with Crippen molar-refractivity contribution < 1.29 is 9.90 Å². The molecule has 0 amide bonds. The highest BCUT2D eigenvalue weighted by atomic mass is 16.4. The van der Waals surface area contributed by atoms with E-state index in [0.29, 0.717) is 11.7 Å². The maximum Gasteiger partial charge on any atom is 0.313 e. The molecule has 1 unspecified atom stereocenters. The minimum absolute atomic E-state index is 0.545. The summed E-state index contributed by atoms with van der Waals surface area (Å²) in [6.07, 6.45) is 2.70. The fourth-order valence-electron chi connectivity index (χ4n) is 1.58. The van der Waals surface area contributed by atoms with Crippen LogP contribution in [0.25, 0.3) is 0 Å². The smallest absolute Gasteiger partial charge is 0.313 e. The van der Waals surface area contributed by atoms with Crippen LogP contribution in [0, 0.1) is 5.92 Å². The third-order valence-electron chi connectivity index (χ3n) is 2.50. The zero-order valence-corrected chi connectivity index (χ0v) is 9.69. The third kappa shape index (κ3) is 2.58. The Bertz CT molecular complexity index is 355. The second kappa shape index (κ2) is 4.47. The van der Waals surface area contributed by atoms with Crippen LogP contribution in [0.3, 0.4) is 0 Å². The van der Waals surface area contributed by atoms with Crippen LogP contribution in [0.1, 0.15) is 38.2 Å². The molecule has 0 saturated heterocycles. The Balaban J connectivity index is 2.93. The van der Waals surface area contributed by atoms with Crippen molar-refractivity contribution in [2.24, 2.45) is 13.0 Å². The molecule has 84 valence electrons. The molecule has 0 bridgehead atoms. The summed E-state index contributed by atoms with van der Waals surface area (Å²) in [4.78, 5) is 15.0. The monoisotopic (exact) mass is 210 g/mol. The first-order valence-corrected chi connectivity index (χ1v) is 5.16. The van der Waals surface area contributed by atoms with Crippen molar-refractivity contribution in [3.8, 4) is 0 Å². The molecule has 4 heteroatoms. The Hall–Kier alpha value is -1.32. The van der Waals surface area contributed by atoms with Crippen LogP contribution in [0.5, 0.6) is 0 Å². The van der Waals surface area contributed by atoms with Gasteiger partial charge in [-0.15, -0.1) is 0 Å². The first-order valence-electron chi connectivity index (χ1n) is 5.16. The first-order chi connectivity index (χ1) is 6.93. The minimum Gasteiger partial charge on any atom is -0.481 e. The number of aliphatic carboxylic acids is 1. The van der Waals surface area contributed by atoms with Gasteiger partial charge in [-0.25, -0.2) is 4.98 Å². The number of imidazole rings is 1. The second-order valence-electron chi connectivity index (χ2n) is 4.32. The van der Waals surface area contributed by atoms with Crippen LogP contribution in [-0.4, -0.2) is 20.6 Å². The van der Waals surface area contributed by atoms with Gasteiger partial charge < -0.3 is 9.67 Å². The van der Waals surface area contributed by atoms with E-state index in [1.807, 2.05) is 11.6 Å². The number of hydrogen-bond acceptors (Lipinski definition) is 2. The minimum atomic E-state index is -0.834. The summed E-state index contributed by atoms with van der Waals surface area (Å²) in [7, 11) is 1.87. The SMILES string of the molecule is CC(C)Cc1cnc(C(C)C(=O)O)n1C. The summed E-state index contributed by atoms with van der Waals surface area (Å²) in [6.45, 7) is 5.92. The van der Waals surface area contributed by atoms with E-state index in [0.717, 1.165) is 12.1 Å². The van der Waals surface area contributed by atoms with Crippen LogP contribution >= 0.6 is 0 Å². The van der Waals surface area contributed by atoms with Crippen LogP contribution in [-0.2, 0) is 18.3 Å². The highest BCUT2D eigenvalue weighted by Crippen LogP contribution is 2.16. The lowest BCUT2D eigenvalue weighted by atomic mass is 10.1. The lowest BCUT2D eigenvalue weighted by Crippen LogP contribution is -2.14. The molecule has 1 N–H and O–H groups in total. The highest BCUT2D eigenvalue weighted by Gasteiger charge is 2.19. The van der Waals surface area contributed by atoms with Gasteiger partial charge in [0.1, 0.15) is 11.7 Å². The van der Waals surface area contributed by atoms with Gasteiger partial charge in [0, 0.05) is 18.9 Å². The Labute approximate surface area is 89.9 Å². The van der Waals surface area contributed by atoms with Crippen LogP contribution in [0.15, 0.2) is 6.20 Å². The molecule has 0 spiro atoms. The van der Waals surface area contributed by atoms with Crippen molar-refractivity contribution >= 4 is 5.97 Å². The van der Waals surface area contributed by atoms with Crippen molar-refractivity contribution in [2.75, 3.05) is 0 Å². The first kappa shape index (κ1) is 11.8. The van der Waals surface area contributed by atoms with Crippen LogP contribution < -0.4 is 0 Å². The largest absolute Gasteiger partial charge is 0.481 e. The lowest BCUT2D eigenvalue weighted by Gasteiger charge is -2.10. The molecule has 15 heavy (non-hydrogen) atoms. The summed E-state index contributed by atoms with van der Waals surface area (Å²) in [5, 5.41) is 8.90. The number of carbonyl (C=O) groups is 1. The van der Waals surface area contributed by atoms with Gasteiger partial charge in [0.25, 0.3) is 0 Å². The van der Waals surface area contributed by atoms with Gasteiger partial charge in [-0.05, 0) is 19.3 Å². The molecule has 0 radical (unpaired) electrons. The molecular formula is C11H18N2O2. The van der Waals surface area contributed by atoms with Gasteiger partial charge in [0.2, 0.25) is 0 Å². The predicted molar refractivity (Wildman–Crippen MR) is 57.8 cm³/mol. The second-order valence-corrected chi connectivity index (χ2v) is 4.32. The summed E-state index contributed by atoms with van der Waals surface area (Å²) in [6, 6.07) is 0. The third-order valence-corrected chi connectivity index (χ3v) is 2.50. The number of hydrogen-bond donors (Lipinski definition) is 1. The fourth-order valence-corrected chi connectivity index (χ4v) is 1.58. The van der Waals surface area contributed by atoms with E-state index < -0.39 is 11.9 Å². The summed E-state index contributed by atoms with van der Waals surface area (Å²) >= 11 is 0. The van der Waals surface area contributed by atoms with Gasteiger partial charge >= 0.3 is 5.97 Å². The zero-order valence-electron chi connectivity index (χ0n) is 9.69. The molecular weight excluding hydrogens is 192 g/mol. The molecule has 0 aliphatic rings. The average Bonchev–Trinajstić information content (AvgIpc) is 2.46. The summed E-state index contributed by atoms with van der Waals surface area (Å²) in [5.74, 6) is -0.206. The van der Waals surface area contributed by atoms with Gasteiger partial charge in [-0.1, -0.05) is 13.8 Å². The summed E-state index contributed by atoms with van der Waals surface area (Å²) < 4.78 is 1.89. The van der Waals surface area contributed by atoms with Gasteiger partial charge in [0.05, 0.1) is 0 Å². The number of carboxylic acid groups (broad SMARTS) is 1. The van der Waals surface area contributed by atoms with Gasteiger partial charge in [-0.2, -0.15) is 0 Å². The van der Waals surface area contributed by atoms with E-state index in [-0.39, 0.29) is 0 Å². The predicted octanol–water partition coefficient (Wildman–Crippen LogP) is 1.81. The maximum atomic E-state index is 10.8. The van der Waals surface area contributed by atoms with E-state index in [9.17, 15) is 4.79 Å². The fraction of sp³-hybridized carbons (Fsp3) is 0.636. The van der Waals surface area contributed by atoms with E-state index in [2.05, 4.69) is 18.8 Å². The molecule has 1 rings (SSSR count). The Morgan fingerprint density at radius 2 is 2.13 bits per heavy atom. The molecule has 1 atom stereocenters. The van der Waals surface area contributed by atoms with E-state index in [1.165, 1.54) is 0 Å². The average molecular weight is 210 g/mol. The Morgan fingerprint density at radius 1 is 1.53 bits per heavy atom. The van der Waals surface area contributed by atoms with Gasteiger partial charge in [-0.3, -0.25) is 4.79 Å².